The minimum absolute atomic E-state index is 0.108. The zero-order valence-corrected chi connectivity index (χ0v) is 22.6. The zero-order valence-electron chi connectivity index (χ0n) is 21.0. The number of carbonyl (C=O) groups excluding carboxylic acids is 1. The standard InChI is InChI=1S/C28H30BrF2N5O/c1-15(2)11-23(32-16(3)4)20-12-24(20)35-14-21(28(37)33-19-9-7-18(29)8-10-19)27-34-22(17-5-6-17)13-25(26(30)31)36(27)35/h7-11,13-14,24,26-27,32,34H,3,5-6,12H2,1-2,4H3,(H,33,37)/b23-20-. The van der Waals surface area contributed by atoms with Crippen molar-refractivity contribution < 1.29 is 13.6 Å². The van der Waals surface area contributed by atoms with E-state index >= 15 is 0 Å². The highest BCUT2D eigenvalue weighted by Crippen LogP contribution is 2.46. The predicted octanol–water partition coefficient (Wildman–Crippen LogP) is 6.05. The molecule has 9 heteroatoms. The molecule has 2 aliphatic carbocycles. The number of fused-ring (bicyclic) bond motifs is 1. The Kier molecular flexibility index (Phi) is 6.74. The molecule has 2 fully saturated rings. The van der Waals surface area contributed by atoms with Crippen LogP contribution in [0.1, 0.15) is 40.0 Å². The van der Waals surface area contributed by atoms with Gasteiger partial charge in [-0.2, -0.15) is 0 Å². The molecule has 2 saturated carbocycles. The maximum Gasteiger partial charge on any atom is 0.280 e. The fraction of sp³-hybridized carbons (Fsp3) is 0.321. The Morgan fingerprint density at radius 3 is 2.51 bits per heavy atom. The van der Waals surface area contributed by atoms with Crippen LogP contribution in [0.4, 0.5) is 14.5 Å². The van der Waals surface area contributed by atoms with E-state index in [-0.39, 0.29) is 17.6 Å². The number of amides is 1. The molecule has 1 aromatic rings. The molecule has 0 saturated heterocycles. The highest BCUT2D eigenvalue weighted by molar-refractivity contribution is 9.10. The third-order valence-electron chi connectivity index (χ3n) is 6.48. The van der Waals surface area contributed by atoms with Gasteiger partial charge >= 0.3 is 0 Å². The summed E-state index contributed by atoms with van der Waals surface area (Å²) in [6.07, 6.45) is 4.31. The van der Waals surface area contributed by atoms with Crippen LogP contribution >= 0.6 is 15.9 Å². The van der Waals surface area contributed by atoms with Crippen LogP contribution < -0.4 is 16.0 Å². The fourth-order valence-electron chi connectivity index (χ4n) is 4.64. The minimum atomic E-state index is -2.69. The molecule has 1 aromatic carbocycles. The van der Waals surface area contributed by atoms with Crippen LogP contribution in [0.2, 0.25) is 0 Å². The largest absolute Gasteiger partial charge is 0.360 e. The van der Waals surface area contributed by atoms with E-state index < -0.39 is 12.6 Å². The van der Waals surface area contributed by atoms with Crippen LogP contribution in [0, 0.1) is 0 Å². The van der Waals surface area contributed by atoms with Gasteiger partial charge in [0.2, 0.25) is 0 Å². The third-order valence-corrected chi connectivity index (χ3v) is 7.01. The summed E-state index contributed by atoms with van der Waals surface area (Å²) in [7, 11) is 0. The van der Waals surface area contributed by atoms with Crippen molar-refractivity contribution in [2.24, 2.45) is 0 Å². The number of allylic oxidation sites excluding steroid dienone is 6. The van der Waals surface area contributed by atoms with Crippen molar-refractivity contribution in [3.8, 4) is 0 Å². The second kappa shape index (κ2) is 9.85. The molecule has 4 aliphatic rings. The maximum absolute atomic E-state index is 14.4. The van der Waals surface area contributed by atoms with E-state index in [1.54, 1.807) is 28.4 Å². The van der Waals surface area contributed by atoms with Gasteiger partial charge < -0.3 is 16.0 Å². The van der Waals surface area contributed by atoms with E-state index in [2.05, 4.69) is 38.5 Å². The second-order valence-electron chi connectivity index (χ2n) is 9.99. The molecule has 37 heavy (non-hydrogen) atoms. The van der Waals surface area contributed by atoms with Gasteiger partial charge in [0.05, 0.1) is 11.6 Å². The number of anilines is 1. The molecule has 5 rings (SSSR count). The first kappa shape index (κ1) is 25.3. The molecule has 6 nitrogen and oxygen atoms in total. The molecular formula is C28H30BrF2N5O. The van der Waals surface area contributed by atoms with E-state index in [4.69, 9.17) is 0 Å². The van der Waals surface area contributed by atoms with Gasteiger partial charge in [0, 0.05) is 33.5 Å². The lowest BCUT2D eigenvalue weighted by atomic mass is 10.1. The van der Waals surface area contributed by atoms with Crippen LogP contribution in [0.15, 0.2) is 98.7 Å². The topological polar surface area (TPSA) is 59.6 Å². The van der Waals surface area contributed by atoms with Gasteiger partial charge in [-0.15, -0.1) is 0 Å². The SMILES string of the molecule is C=C(C)N/C(C=C(C)C)=C1/CC1N1C=C(C(=O)Nc2ccc(Br)cc2)C2NC(=C3CC3)C=C(C(F)F)N21. The zero-order chi connectivity index (χ0) is 26.4. The Hall–Kier alpha value is -3.33. The number of alkyl halides is 2. The molecule has 0 bridgehead atoms. The van der Waals surface area contributed by atoms with Crippen LogP contribution in [-0.4, -0.2) is 34.6 Å². The number of hydrogen-bond donors (Lipinski definition) is 3. The molecule has 194 valence electrons. The second-order valence-corrected chi connectivity index (χ2v) is 10.9. The van der Waals surface area contributed by atoms with Crippen LogP contribution in [0.25, 0.3) is 0 Å². The summed E-state index contributed by atoms with van der Waals surface area (Å²) in [6.45, 7) is 9.85. The van der Waals surface area contributed by atoms with E-state index in [0.717, 1.165) is 45.4 Å². The minimum Gasteiger partial charge on any atom is -0.360 e. The lowest BCUT2D eigenvalue weighted by Gasteiger charge is -2.41. The first-order valence-electron chi connectivity index (χ1n) is 12.3. The number of rotatable bonds is 7. The maximum atomic E-state index is 14.4. The van der Waals surface area contributed by atoms with Crippen molar-refractivity contribution in [3.63, 3.8) is 0 Å². The van der Waals surface area contributed by atoms with Gasteiger partial charge in [0.25, 0.3) is 12.3 Å². The molecule has 0 aromatic heterocycles. The van der Waals surface area contributed by atoms with Crippen LogP contribution in [0.5, 0.6) is 0 Å². The van der Waals surface area contributed by atoms with Crippen LogP contribution in [0.3, 0.4) is 0 Å². The number of nitrogens with one attached hydrogen (secondary N) is 3. The van der Waals surface area contributed by atoms with Crippen molar-refractivity contribution in [2.45, 2.75) is 58.7 Å². The molecule has 2 aliphatic heterocycles. The summed E-state index contributed by atoms with van der Waals surface area (Å²) < 4.78 is 29.7. The molecule has 0 radical (unpaired) electrons. The highest BCUT2D eigenvalue weighted by atomic mass is 79.9. The number of halogens is 3. The van der Waals surface area contributed by atoms with E-state index in [0.29, 0.717) is 23.4 Å². The number of nitrogens with zero attached hydrogens (tertiary/aromatic N) is 2. The van der Waals surface area contributed by atoms with E-state index in [1.165, 1.54) is 6.08 Å². The first-order valence-corrected chi connectivity index (χ1v) is 13.1. The normalized spacial score (nSPS) is 23.1. The summed E-state index contributed by atoms with van der Waals surface area (Å²) >= 11 is 3.40. The molecule has 2 atom stereocenters. The Bertz CT molecular complexity index is 1300. The summed E-state index contributed by atoms with van der Waals surface area (Å²) in [6, 6.07) is 7.10. The quantitative estimate of drug-likeness (QED) is 0.373. The smallest absolute Gasteiger partial charge is 0.280 e. The Morgan fingerprint density at radius 2 is 1.92 bits per heavy atom. The summed E-state index contributed by atoms with van der Waals surface area (Å²) in [4.78, 5) is 13.5. The van der Waals surface area contributed by atoms with Gasteiger partial charge in [-0.25, -0.2) is 8.78 Å². The predicted molar refractivity (Wildman–Crippen MR) is 145 cm³/mol. The average molecular weight is 570 g/mol. The van der Waals surface area contributed by atoms with E-state index in [1.807, 2.05) is 39.0 Å². The molecule has 1 amide bonds. The average Bonchev–Trinajstić information content (AvgIpc) is 3.75. The summed E-state index contributed by atoms with van der Waals surface area (Å²) in [5.74, 6) is -0.334. The van der Waals surface area contributed by atoms with Crippen molar-refractivity contribution in [1.29, 1.82) is 0 Å². The molecule has 2 heterocycles. The van der Waals surface area contributed by atoms with Gasteiger partial charge in [0.1, 0.15) is 5.70 Å². The number of carbonyl (C=O) groups is 1. The van der Waals surface area contributed by atoms with Crippen molar-refractivity contribution in [1.82, 2.24) is 20.7 Å². The molecule has 0 spiro atoms. The fourth-order valence-corrected chi connectivity index (χ4v) is 4.91. The number of hydrogen-bond acceptors (Lipinski definition) is 5. The number of hydrazine groups is 1. The monoisotopic (exact) mass is 569 g/mol. The Balaban J connectivity index is 1.52. The van der Waals surface area contributed by atoms with Crippen molar-refractivity contribution >= 4 is 27.5 Å². The van der Waals surface area contributed by atoms with Crippen LogP contribution in [-0.2, 0) is 4.79 Å². The molecular weight excluding hydrogens is 540 g/mol. The molecule has 3 N–H and O–H groups in total. The molecule has 2 unspecified atom stereocenters. The van der Waals surface area contributed by atoms with Gasteiger partial charge in [0.15, 0.2) is 6.17 Å². The summed E-state index contributed by atoms with van der Waals surface area (Å²) in [5, 5.41) is 12.9. The third kappa shape index (κ3) is 5.37. The van der Waals surface area contributed by atoms with E-state index in [9.17, 15) is 13.6 Å². The first-order chi connectivity index (χ1) is 17.6. The lowest BCUT2D eigenvalue weighted by molar-refractivity contribution is -0.113. The lowest BCUT2D eigenvalue weighted by Crippen LogP contribution is -2.53. The number of benzene rings is 1. The van der Waals surface area contributed by atoms with Crippen molar-refractivity contribution in [3.05, 3.63) is 98.7 Å². The van der Waals surface area contributed by atoms with Gasteiger partial charge in [-0.3, -0.25) is 14.8 Å². The Morgan fingerprint density at radius 1 is 1.22 bits per heavy atom. The Labute approximate surface area is 224 Å². The van der Waals surface area contributed by atoms with Gasteiger partial charge in [-0.1, -0.05) is 28.1 Å². The summed E-state index contributed by atoms with van der Waals surface area (Å²) in [5.41, 5.74) is 6.61. The highest BCUT2D eigenvalue weighted by Gasteiger charge is 2.50. The van der Waals surface area contributed by atoms with Gasteiger partial charge in [-0.05, 0) is 87.6 Å². The van der Waals surface area contributed by atoms with Crippen molar-refractivity contribution in [2.75, 3.05) is 5.32 Å².